The van der Waals surface area contributed by atoms with E-state index in [9.17, 15) is 13.2 Å². The van der Waals surface area contributed by atoms with Gasteiger partial charge in [0.15, 0.2) is 5.82 Å². The van der Waals surface area contributed by atoms with E-state index in [1.54, 1.807) is 31.3 Å². The monoisotopic (exact) mass is 424 g/mol. The second-order valence-corrected chi connectivity index (χ2v) is 9.10. The van der Waals surface area contributed by atoms with Crippen molar-refractivity contribution >= 4 is 15.9 Å². The van der Waals surface area contributed by atoms with Crippen LogP contribution in [-0.4, -0.2) is 41.7 Å². The molecule has 1 heterocycles. The fourth-order valence-electron chi connectivity index (χ4n) is 2.69. The molecule has 3 aromatic rings. The molecule has 1 N–H and O–H groups in total. The van der Waals surface area contributed by atoms with Crippen molar-refractivity contribution in [3.05, 3.63) is 78.1 Å². The van der Waals surface area contributed by atoms with Crippen molar-refractivity contribution in [1.29, 1.82) is 0 Å². The Labute approximate surface area is 176 Å². The van der Waals surface area contributed by atoms with E-state index in [4.69, 9.17) is 0 Å². The number of benzene rings is 2. The minimum absolute atomic E-state index is 0.135. The molecule has 0 saturated heterocycles. The highest BCUT2D eigenvalue weighted by atomic mass is 32.2. The molecule has 2 aromatic carbocycles. The SMILES string of the molecule is CC(C)N(C)S(=O)(=O)c1ccc(CNC(=O)c2cnc(-c3ccccc3)nc2)cc1. The van der Waals surface area contributed by atoms with Gasteiger partial charge in [-0.1, -0.05) is 42.5 Å². The number of carbonyl (C=O) groups excluding carboxylic acids is 1. The zero-order valence-corrected chi connectivity index (χ0v) is 17.9. The smallest absolute Gasteiger partial charge is 0.254 e. The summed E-state index contributed by atoms with van der Waals surface area (Å²) in [6, 6.07) is 15.9. The summed E-state index contributed by atoms with van der Waals surface area (Å²) in [5.74, 6) is 0.251. The van der Waals surface area contributed by atoms with Gasteiger partial charge in [0.2, 0.25) is 10.0 Å². The van der Waals surface area contributed by atoms with Crippen LogP contribution >= 0.6 is 0 Å². The number of rotatable bonds is 7. The van der Waals surface area contributed by atoms with Crippen molar-refractivity contribution in [1.82, 2.24) is 19.6 Å². The van der Waals surface area contributed by atoms with E-state index < -0.39 is 10.0 Å². The summed E-state index contributed by atoms with van der Waals surface area (Å²) in [6.07, 6.45) is 2.98. The Balaban J connectivity index is 1.62. The van der Waals surface area contributed by atoms with Crippen LogP contribution in [0, 0.1) is 0 Å². The zero-order valence-electron chi connectivity index (χ0n) is 17.1. The lowest BCUT2D eigenvalue weighted by atomic mass is 10.2. The van der Waals surface area contributed by atoms with E-state index in [0.717, 1.165) is 11.1 Å². The van der Waals surface area contributed by atoms with Crippen LogP contribution in [0.2, 0.25) is 0 Å². The fraction of sp³-hybridized carbons (Fsp3) is 0.227. The first-order valence-corrected chi connectivity index (χ1v) is 11.0. The molecular weight excluding hydrogens is 400 g/mol. The predicted octanol–water partition coefficient (Wildman–Crippen LogP) is 3.10. The normalized spacial score (nSPS) is 11.6. The van der Waals surface area contributed by atoms with Gasteiger partial charge in [-0.3, -0.25) is 4.79 Å². The van der Waals surface area contributed by atoms with E-state index >= 15 is 0 Å². The molecule has 0 radical (unpaired) electrons. The summed E-state index contributed by atoms with van der Waals surface area (Å²) in [6.45, 7) is 3.90. The Morgan fingerprint density at radius 1 is 1.00 bits per heavy atom. The van der Waals surface area contributed by atoms with Gasteiger partial charge in [-0.05, 0) is 31.5 Å². The average molecular weight is 425 g/mol. The molecule has 0 aliphatic heterocycles. The van der Waals surface area contributed by atoms with E-state index in [0.29, 0.717) is 11.4 Å². The van der Waals surface area contributed by atoms with Gasteiger partial charge < -0.3 is 5.32 Å². The van der Waals surface area contributed by atoms with Crippen LogP contribution in [-0.2, 0) is 16.6 Å². The van der Waals surface area contributed by atoms with Crippen LogP contribution in [0.5, 0.6) is 0 Å². The second-order valence-electron chi connectivity index (χ2n) is 7.10. The van der Waals surface area contributed by atoms with E-state index in [1.807, 2.05) is 44.2 Å². The molecule has 0 aliphatic rings. The molecule has 0 bridgehead atoms. The van der Waals surface area contributed by atoms with Crippen LogP contribution < -0.4 is 5.32 Å². The molecule has 1 aromatic heterocycles. The molecule has 0 unspecified atom stereocenters. The summed E-state index contributed by atoms with van der Waals surface area (Å²) in [7, 11) is -1.97. The minimum Gasteiger partial charge on any atom is -0.348 e. The first kappa shape index (κ1) is 21.6. The molecule has 3 rings (SSSR count). The molecule has 7 nitrogen and oxygen atoms in total. The Morgan fingerprint density at radius 3 is 2.17 bits per heavy atom. The van der Waals surface area contributed by atoms with E-state index in [2.05, 4.69) is 15.3 Å². The number of nitrogens with one attached hydrogen (secondary N) is 1. The summed E-state index contributed by atoms with van der Waals surface area (Å²) < 4.78 is 26.3. The minimum atomic E-state index is -3.53. The molecular formula is C22H24N4O3S. The fourth-order valence-corrected chi connectivity index (χ4v) is 4.06. The predicted molar refractivity (Wildman–Crippen MR) is 115 cm³/mol. The van der Waals surface area contributed by atoms with Crippen molar-refractivity contribution in [2.45, 2.75) is 31.3 Å². The van der Waals surface area contributed by atoms with Gasteiger partial charge >= 0.3 is 0 Å². The second kappa shape index (κ2) is 9.15. The van der Waals surface area contributed by atoms with Crippen LogP contribution in [0.1, 0.15) is 29.8 Å². The molecule has 8 heteroatoms. The molecule has 30 heavy (non-hydrogen) atoms. The third kappa shape index (κ3) is 4.90. The topological polar surface area (TPSA) is 92.3 Å². The van der Waals surface area contributed by atoms with Gasteiger partial charge in [0.25, 0.3) is 5.91 Å². The van der Waals surface area contributed by atoms with Gasteiger partial charge in [0.05, 0.1) is 10.5 Å². The maximum atomic E-state index is 12.5. The lowest BCUT2D eigenvalue weighted by Gasteiger charge is -2.21. The summed E-state index contributed by atoms with van der Waals surface area (Å²) >= 11 is 0. The third-order valence-corrected chi connectivity index (χ3v) is 6.77. The van der Waals surface area contributed by atoms with Crippen LogP contribution in [0.15, 0.2) is 71.9 Å². The number of nitrogens with zero attached hydrogens (tertiary/aromatic N) is 3. The first-order chi connectivity index (χ1) is 14.3. The van der Waals surface area contributed by atoms with Crippen molar-refractivity contribution < 1.29 is 13.2 Å². The summed E-state index contributed by atoms with van der Waals surface area (Å²) in [4.78, 5) is 21.1. The van der Waals surface area contributed by atoms with E-state index in [-0.39, 0.29) is 23.4 Å². The number of carbonyl (C=O) groups is 1. The number of hydrogen-bond donors (Lipinski definition) is 1. The molecule has 156 valence electrons. The highest BCUT2D eigenvalue weighted by Crippen LogP contribution is 2.17. The van der Waals surface area contributed by atoms with Gasteiger partial charge in [0, 0.05) is 37.6 Å². The van der Waals surface area contributed by atoms with Crippen molar-refractivity contribution in [3.63, 3.8) is 0 Å². The molecule has 0 atom stereocenters. The molecule has 0 fully saturated rings. The summed E-state index contributed by atoms with van der Waals surface area (Å²) in [5.41, 5.74) is 2.02. The first-order valence-electron chi connectivity index (χ1n) is 9.51. The highest BCUT2D eigenvalue weighted by molar-refractivity contribution is 7.89. The van der Waals surface area contributed by atoms with E-state index in [1.165, 1.54) is 16.7 Å². The molecule has 0 aliphatic carbocycles. The average Bonchev–Trinajstić information content (AvgIpc) is 2.77. The van der Waals surface area contributed by atoms with Crippen molar-refractivity contribution in [3.8, 4) is 11.4 Å². The van der Waals surface area contributed by atoms with Gasteiger partial charge in [-0.2, -0.15) is 4.31 Å². The maximum absolute atomic E-state index is 12.5. The van der Waals surface area contributed by atoms with Gasteiger partial charge in [-0.15, -0.1) is 0 Å². The molecule has 0 spiro atoms. The largest absolute Gasteiger partial charge is 0.348 e. The quantitative estimate of drug-likeness (QED) is 0.629. The highest BCUT2D eigenvalue weighted by Gasteiger charge is 2.22. The van der Waals surface area contributed by atoms with Crippen molar-refractivity contribution in [2.75, 3.05) is 7.05 Å². The summed E-state index contributed by atoms with van der Waals surface area (Å²) in [5, 5.41) is 2.79. The molecule has 1 amide bonds. The number of hydrogen-bond acceptors (Lipinski definition) is 5. The molecule has 0 saturated carbocycles. The lowest BCUT2D eigenvalue weighted by molar-refractivity contribution is 0.0950. The van der Waals surface area contributed by atoms with Crippen LogP contribution in [0.25, 0.3) is 11.4 Å². The van der Waals surface area contributed by atoms with Crippen LogP contribution in [0.4, 0.5) is 0 Å². The Kier molecular flexibility index (Phi) is 6.59. The van der Waals surface area contributed by atoms with Crippen molar-refractivity contribution in [2.24, 2.45) is 0 Å². The van der Waals surface area contributed by atoms with Crippen LogP contribution in [0.3, 0.4) is 0 Å². The maximum Gasteiger partial charge on any atom is 0.254 e. The van der Waals surface area contributed by atoms with Gasteiger partial charge in [-0.25, -0.2) is 18.4 Å². The lowest BCUT2D eigenvalue weighted by Crippen LogP contribution is -2.33. The zero-order chi connectivity index (χ0) is 21.7. The number of sulfonamides is 1. The Bertz CT molecular complexity index is 1100. The third-order valence-electron chi connectivity index (χ3n) is 4.73. The number of amides is 1. The number of aromatic nitrogens is 2. The Hall–Kier alpha value is -3.10. The van der Waals surface area contributed by atoms with Gasteiger partial charge in [0.1, 0.15) is 0 Å². The standard InChI is InChI=1S/C22H24N4O3S/c1-16(2)26(3)30(28,29)20-11-9-17(10-12-20)13-25-22(27)19-14-23-21(24-15-19)18-7-5-4-6-8-18/h4-12,14-16H,13H2,1-3H3,(H,25,27). The Morgan fingerprint density at radius 2 is 1.60 bits per heavy atom.